The number of aromatic amines is 1. The average molecular weight is 224 g/mol. The van der Waals surface area contributed by atoms with Crippen molar-refractivity contribution in [2.45, 2.75) is 0 Å². The molecule has 76 valence electrons. The first kappa shape index (κ1) is 9.73. The summed E-state index contributed by atoms with van der Waals surface area (Å²) in [6, 6.07) is 5.55. The number of rotatable bonds is 0. The fourth-order valence-electron chi connectivity index (χ4n) is 1.33. The molecule has 0 radical (unpaired) electrons. The highest BCUT2D eigenvalue weighted by Crippen LogP contribution is 2.17. The monoisotopic (exact) mass is 223 g/mol. The fraction of sp³-hybridized carbons (Fsp3) is 0. The number of halogens is 1. The van der Waals surface area contributed by atoms with Crippen LogP contribution < -0.4 is 11.0 Å². The number of benzene rings is 1. The highest BCUT2D eigenvalue weighted by atomic mass is 35.5. The van der Waals surface area contributed by atoms with Gasteiger partial charge in [0.1, 0.15) is 0 Å². The van der Waals surface area contributed by atoms with Crippen molar-refractivity contribution in [2.75, 3.05) is 0 Å². The summed E-state index contributed by atoms with van der Waals surface area (Å²) in [4.78, 5) is 25.2. The van der Waals surface area contributed by atoms with Crippen LogP contribution in [0.25, 0.3) is 10.9 Å². The van der Waals surface area contributed by atoms with E-state index in [-0.39, 0.29) is 10.4 Å². The van der Waals surface area contributed by atoms with E-state index < -0.39 is 16.7 Å². The predicted octanol–water partition coefficient (Wildman–Crippen LogP) is 1.25. The third kappa shape index (κ3) is 1.59. The van der Waals surface area contributed by atoms with Gasteiger partial charge in [0.25, 0.3) is 5.56 Å². The topological polar surface area (TPSA) is 70.2 Å². The summed E-state index contributed by atoms with van der Waals surface area (Å²) >= 11 is 5.82. The molecule has 0 aliphatic carbocycles. The third-order valence-corrected chi connectivity index (χ3v) is 2.32. The molecule has 0 amide bonds. The Kier molecular flexibility index (Phi) is 2.21. The molecule has 4 nitrogen and oxygen atoms in total. The summed E-state index contributed by atoms with van der Waals surface area (Å²) in [6.07, 6.45) is 0. The Labute approximate surface area is 88.8 Å². The Balaban J connectivity index is 3.17. The Hall–Kier alpha value is -1.81. The van der Waals surface area contributed by atoms with E-state index in [9.17, 15) is 14.7 Å². The minimum Gasteiger partial charge on any atom is -0.503 e. The smallest absolute Gasteiger partial charge is 0.290 e. The number of fused-ring (bicyclic) bond motifs is 1. The van der Waals surface area contributed by atoms with Crippen LogP contribution in [0, 0.1) is 0 Å². The molecule has 1 aromatic heterocycles. The molecule has 0 aliphatic rings. The van der Waals surface area contributed by atoms with Gasteiger partial charge in [0.15, 0.2) is 11.2 Å². The molecular weight excluding hydrogens is 218 g/mol. The molecule has 1 heterocycles. The summed E-state index contributed by atoms with van der Waals surface area (Å²) in [5.74, 6) is -0.618. The number of nitrogens with one attached hydrogen (secondary N) is 1. The van der Waals surface area contributed by atoms with E-state index in [1.807, 2.05) is 0 Å². The van der Waals surface area contributed by atoms with Gasteiger partial charge in [-0.15, -0.1) is 0 Å². The standard InChI is InChI=1S/C10H6ClNO3/c11-5-2-1-3-6-9(5)7(13)4-8(14)10(15)12-6/h1-4,14H,(H,12,15). The van der Waals surface area contributed by atoms with Gasteiger partial charge in [-0.3, -0.25) is 9.59 Å². The molecule has 0 aliphatic heterocycles. The first-order valence-corrected chi connectivity index (χ1v) is 4.52. The molecular formula is C10H6ClNO3. The zero-order chi connectivity index (χ0) is 11.0. The van der Waals surface area contributed by atoms with Gasteiger partial charge in [-0.2, -0.15) is 0 Å². The maximum atomic E-state index is 11.6. The third-order valence-electron chi connectivity index (χ3n) is 2.01. The second kappa shape index (κ2) is 3.40. The maximum absolute atomic E-state index is 11.6. The van der Waals surface area contributed by atoms with E-state index >= 15 is 0 Å². The lowest BCUT2D eigenvalue weighted by molar-refractivity contribution is 0.468. The lowest BCUT2D eigenvalue weighted by atomic mass is 10.2. The van der Waals surface area contributed by atoms with Crippen LogP contribution in [0.15, 0.2) is 33.9 Å². The molecule has 15 heavy (non-hydrogen) atoms. The molecule has 5 heteroatoms. The van der Waals surface area contributed by atoms with Crippen LogP contribution >= 0.6 is 11.6 Å². The van der Waals surface area contributed by atoms with Gasteiger partial charge in [-0.1, -0.05) is 17.7 Å². The van der Waals surface area contributed by atoms with Crippen LogP contribution in [0.2, 0.25) is 5.02 Å². The Bertz CT molecular complexity index is 648. The first-order valence-electron chi connectivity index (χ1n) is 4.14. The zero-order valence-electron chi connectivity index (χ0n) is 7.45. The first-order chi connectivity index (χ1) is 7.09. The van der Waals surface area contributed by atoms with Crippen molar-refractivity contribution in [3.05, 3.63) is 49.9 Å². The molecule has 2 rings (SSSR count). The lowest BCUT2D eigenvalue weighted by Gasteiger charge is -1.92. The minimum atomic E-state index is -0.718. The van der Waals surface area contributed by atoms with E-state index in [1.54, 1.807) is 18.2 Å². The van der Waals surface area contributed by atoms with Crippen LogP contribution in [-0.2, 0) is 0 Å². The van der Waals surface area contributed by atoms with Crippen LogP contribution in [0.1, 0.15) is 0 Å². The summed E-state index contributed by atoms with van der Waals surface area (Å²) in [5.41, 5.74) is -0.909. The fourth-order valence-corrected chi connectivity index (χ4v) is 1.59. The van der Waals surface area contributed by atoms with Crippen molar-refractivity contribution in [1.82, 2.24) is 4.98 Å². The van der Waals surface area contributed by atoms with Crippen LogP contribution in [-0.4, -0.2) is 10.1 Å². The number of aromatic hydroxyl groups is 1. The molecule has 0 saturated heterocycles. The molecule has 1 aromatic carbocycles. The molecule has 2 N–H and O–H groups in total. The highest BCUT2D eigenvalue weighted by Gasteiger charge is 2.04. The van der Waals surface area contributed by atoms with Gasteiger partial charge < -0.3 is 10.1 Å². The number of hydrogen-bond acceptors (Lipinski definition) is 3. The van der Waals surface area contributed by atoms with Crippen molar-refractivity contribution < 1.29 is 5.11 Å². The largest absolute Gasteiger partial charge is 0.503 e. The predicted molar refractivity (Wildman–Crippen MR) is 57.5 cm³/mol. The molecule has 0 saturated carbocycles. The van der Waals surface area contributed by atoms with Crippen molar-refractivity contribution in [3.8, 4) is 5.75 Å². The summed E-state index contributed by atoms with van der Waals surface area (Å²) in [7, 11) is 0. The Morgan fingerprint density at radius 3 is 2.73 bits per heavy atom. The molecule has 0 fully saturated rings. The van der Waals surface area contributed by atoms with Gasteiger partial charge >= 0.3 is 0 Å². The SMILES string of the molecule is O=c1[nH]c2cccc(Cl)c2c(=O)cc1O. The molecule has 0 spiro atoms. The average Bonchev–Trinajstić information content (AvgIpc) is 2.26. The summed E-state index contributed by atoms with van der Waals surface area (Å²) in [5, 5.41) is 9.61. The van der Waals surface area contributed by atoms with Crippen LogP contribution in [0.3, 0.4) is 0 Å². The van der Waals surface area contributed by atoms with E-state index in [0.29, 0.717) is 5.52 Å². The second-order valence-electron chi connectivity index (χ2n) is 3.01. The zero-order valence-corrected chi connectivity index (χ0v) is 8.21. The van der Waals surface area contributed by atoms with Crippen molar-refractivity contribution in [1.29, 1.82) is 0 Å². The second-order valence-corrected chi connectivity index (χ2v) is 3.42. The van der Waals surface area contributed by atoms with Crippen molar-refractivity contribution >= 4 is 22.5 Å². The molecule has 0 unspecified atom stereocenters. The number of aromatic nitrogens is 1. The molecule has 2 aromatic rings. The van der Waals surface area contributed by atoms with E-state index in [2.05, 4.69) is 4.98 Å². The van der Waals surface area contributed by atoms with Gasteiger partial charge in [0.05, 0.1) is 15.9 Å². The van der Waals surface area contributed by atoms with Crippen molar-refractivity contribution in [2.24, 2.45) is 0 Å². The molecule has 0 bridgehead atoms. The normalized spacial score (nSPS) is 10.5. The molecule has 0 atom stereocenters. The highest BCUT2D eigenvalue weighted by molar-refractivity contribution is 6.35. The van der Waals surface area contributed by atoms with Gasteiger partial charge in [-0.05, 0) is 12.1 Å². The van der Waals surface area contributed by atoms with E-state index in [1.165, 1.54) is 0 Å². The Morgan fingerprint density at radius 1 is 1.27 bits per heavy atom. The number of H-pyrrole nitrogens is 1. The van der Waals surface area contributed by atoms with Crippen molar-refractivity contribution in [3.63, 3.8) is 0 Å². The van der Waals surface area contributed by atoms with Gasteiger partial charge in [-0.25, -0.2) is 0 Å². The quantitative estimate of drug-likeness (QED) is 0.706. The van der Waals surface area contributed by atoms with Crippen LogP contribution in [0.4, 0.5) is 0 Å². The van der Waals surface area contributed by atoms with E-state index in [4.69, 9.17) is 11.6 Å². The van der Waals surface area contributed by atoms with Gasteiger partial charge in [0, 0.05) is 6.07 Å². The minimum absolute atomic E-state index is 0.191. The lowest BCUT2D eigenvalue weighted by Crippen LogP contribution is -2.00. The van der Waals surface area contributed by atoms with Crippen LogP contribution in [0.5, 0.6) is 5.75 Å². The summed E-state index contributed by atoms with van der Waals surface area (Å²) in [6.45, 7) is 0. The summed E-state index contributed by atoms with van der Waals surface area (Å²) < 4.78 is 0. The van der Waals surface area contributed by atoms with E-state index in [0.717, 1.165) is 6.07 Å². The Morgan fingerprint density at radius 2 is 2.00 bits per heavy atom. The number of hydrogen-bond donors (Lipinski definition) is 2. The maximum Gasteiger partial charge on any atom is 0.290 e. The van der Waals surface area contributed by atoms with Gasteiger partial charge in [0.2, 0.25) is 0 Å².